The molecule has 0 aromatic heterocycles. The number of aryl methyl sites for hydroxylation is 1. The first kappa shape index (κ1) is 17.0. The molecule has 0 saturated heterocycles. The molecular weight excluding hydrogens is 306 g/mol. The van der Waals surface area contributed by atoms with Gasteiger partial charge in [0.15, 0.2) is 0 Å². The van der Waals surface area contributed by atoms with Crippen LogP contribution in [0.25, 0.3) is 0 Å². The summed E-state index contributed by atoms with van der Waals surface area (Å²) >= 11 is 0. The Balaban J connectivity index is 1.89. The number of amides is 1. The zero-order chi connectivity index (χ0) is 17.6. The fraction of sp³-hybridized carbons (Fsp3) is 0.174. The van der Waals surface area contributed by atoms with Gasteiger partial charge in [0.05, 0.1) is 0 Å². The van der Waals surface area contributed by atoms with Crippen molar-refractivity contribution in [1.29, 1.82) is 0 Å². The maximum Gasteiger partial charge on any atom is 0.251 e. The van der Waals surface area contributed by atoms with E-state index in [0.29, 0.717) is 0 Å². The molecule has 126 valence electrons. The lowest BCUT2D eigenvalue weighted by molar-refractivity contribution is 0.0936. The number of nitrogens with one attached hydrogen (secondary N) is 1. The van der Waals surface area contributed by atoms with E-state index in [-0.39, 0.29) is 17.9 Å². The molecule has 0 fully saturated rings. The van der Waals surface area contributed by atoms with Crippen molar-refractivity contribution < 1.29 is 4.79 Å². The third-order valence-corrected chi connectivity index (χ3v) is 4.57. The van der Waals surface area contributed by atoms with Crippen molar-refractivity contribution in [2.24, 2.45) is 0 Å². The van der Waals surface area contributed by atoms with Crippen LogP contribution >= 0.6 is 0 Å². The lowest BCUT2D eigenvalue weighted by Crippen LogP contribution is -2.37. The molecule has 1 atom stereocenters. The van der Waals surface area contributed by atoms with Crippen molar-refractivity contribution in [3.05, 3.63) is 107 Å². The first-order valence-electron chi connectivity index (χ1n) is 8.63. The van der Waals surface area contributed by atoms with E-state index >= 15 is 0 Å². The molecule has 1 N–H and O–H groups in total. The Morgan fingerprint density at radius 3 is 1.76 bits per heavy atom. The second kappa shape index (κ2) is 7.80. The van der Waals surface area contributed by atoms with Gasteiger partial charge in [-0.25, -0.2) is 0 Å². The Labute approximate surface area is 149 Å². The van der Waals surface area contributed by atoms with E-state index < -0.39 is 0 Å². The molecule has 2 heteroatoms. The Morgan fingerprint density at radius 1 is 0.760 bits per heavy atom. The molecule has 0 heterocycles. The molecule has 0 radical (unpaired) electrons. The van der Waals surface area contributed by atoms with Crippen LogP contribution in [-0.4, -0.2) is 11.9 Å². The maximum absolute atomic E-state index is 12.7. The second-order valence-electron chi connectivity index (χ2n) is 6.38. The van der Waals surface area contributed by atoms with E-state index in [2.05, 4.69) is 36.5 Å². The molecule has 25 heavy (non-hydrogen) atoms. The van der Waals surface area contributed by atoms with Crippen molar-refractivity contribution in [1.82, 2.24) is 5.32 Å². The minimum absolute atomic E-state index is 0.0255. The van der Waals surface area contributed by atoms with Crippen LogP contribution in [0.3, 0.4) is 0 Å². The number of carbonyl (C=O) groups excluding carboxylic acids is 1. The average molecular weight is 329 g/mol. The fourth-order valence-corrected chi connectivity index (χ4v) is 3.29. The zero-order valence-electron chi connectivity index (χ0n) is 14.6. The van der Waals surface area contributed by atoms with E-state index in [4.69, 9.17) is 0 Å². The molecule has 0 bridgehead atoms. The second-order valence-corrected chi connectivity index (χ2v) is 6.38. The van der Waals surface area contributed by atoms with Crippen LogP contribution in [0.15, 0.2) is 84.9 Å². The summed E-state index contributed by atoms with van der Waals surface area (Å²) in [6.45, 7) is 4.03. The van der Waals surface area contributed by atoms with Gasteiger partial charge in [-0.05, 0) is 36.6 Å². The van der Waals surface area contributed by atoms with Gasteiger partial charge in [0.2, 0.25) is 0 Å². The normalized spacial score (nSPS) is 12.0. The highest BCUT2D eigenvalue weighted by molar-refractivity contribution is 5.95. The van der Waals surface area contributed by atoms with Crippen molar-refractivity contribution >= 4 is 5.91 Å². The number of rotatable bonds is 5. The van der Waals surface area contributed by atoms with E-state index in [1.165, 1.54) is 11.1 Å². The summed E-state index contributed by atoms with van der Waals surface area (Å²) in [5.41, 5.74) is 4.12. The monoisotopic (exact) mass is 329 g/mol. The highest BCUT2D eigenvalue weighted by atomic mass is 16.1. The molecular formula is C23H23NO. The molecule has 0 spiro atoms. The van der Waals surface area contributed by atoms with Crippen molar-refractivity contribution in [3.63, 3.8) is 0 Å². The van der Waals surface area contributed by atoms with E-state index in [1.54, 1.807) is 0 Å². The lowest BCUT2D eigenvalue weighted by atomic mass is 9.85. The molecule has 1 amide bonds. The first-order chi connectivity index (χ1) is 12.2. The highest BCUT2D eigenvalue weighted by Gasteiger charge is 2.23. The predicted molar refractivity (Wildman–Crippen MR) is 103 cm³/mol. The van der Waals surface area contributed by atoms with E-state index in [1.807, 2.05) is 67.6 Å². The number of carbonyl (C=O) groups is 1. The zero-order valence-corrected chi connectivity index (χ0v) is 14.6. The van der Waals surface area contributed by atoms with Gasteiger partial charge < -0.3 is 5.32 Å². The summed E-state index contributed by atoms with van der Waals surface area (Å²) in [6, 6.07) is 28.3. The summed E-state index contributed by atoms with van der Waals surface area (Å²) in [4.78, 5) is 12.7. The summed E-state index contributed by atoms with van der Waals surface area (Å²) in [5, 5.41) is 3.20. The maximum atomic E-state index is 12.7. The average Bonchev–Trinajstić information content (AvgIpc) is 2.64. The van der Waals surface area contributed by atoms with Gasteiger partial charge in [-0.3, -0.25) is 4.79 Å². The topological polar surface area (TPSA) is 29.1 Å². The van der Waals surface area contributed by atoms with Crippen molar-refractivity contribution in [3.8, 4) is 0 Å². The molecule has 0 aliphatic rings. The Hall–Kier alpha value is -2.87. The summed E-state index contributed by atoms with van der Waals surface area (Å²) in [7, 11) is 0. The van der Waals surface area contributed by atoms with Gasteiger partial charge in [-0.1, -0.05) is 78.9 Å². The van der Waals surface area contributed by atoms with Crippen LogP contribution in [0.1, 0.15) is 39.9 Å². The van der Waals surface area contributed by atoms with Crippen LogP contribution in [0.5, 0.6) is 0 Å². The largest absolute Gasteiger partial charge is 0.349 e. The lowest BCUT2D eigenvalue weighted by Gasteiger charge is -2.26. The van der Waals surface area contributed by atoms with Crippen LogP contribution in [0.4, 0.5) is 0 Å². The van der Waals surface area contributed by atoms with Crippen LogP contribution < -0.4 is 5.32 Å². The standard InChI is InChI=1S/C23H23NO/c1-17-11-9-10-16-21(17)23(25)24-18(2)22(19-12-5-3-6-13-19)20-14-7-4-8-15-20/h3-16,18,22H,1-2H3,(H,24,25). The summed E-state index contributed by atoms with van der Waals surface area (Å²) < 4.78 is 0. The van der Waals surface area contributed by atoms with Gasteiger partial charge in [0, 0.05) is 17.5 Å². The van der Waals surface area contributed by atoms with E-state index in [0.717, 1.165) is 11.1 Å². The summed E-state index contributed by atoms with van der Waals surface area (Å²) in [6.07, 6.45) is 0. The molecule has 3 aromatic rings. The Bertz CT molecular complexity index is 787. The van der Waals surface area contributed by atoms with Gasteiger partial charge in [0.25, 0.3) is 5.91 Å². The first-order valence-corrected chi connectivity index (χ1v) is 8.63. The molecule has 0 aliphatic carbocycles. The predicted octanol–water partition coefficient (Wildman–Crippen LogP) is 4.95. The number of hydrogen-bond donors (Lipinski definition) is 1. The van der Waals surface area contributed by atoms with Gasteiger partial charge in [-0.15, -0.1) is 0 Å². The van der Waals surface area contributed by atoms with Crippen molar-refractivity contribution in [2.75, 3.05) is 0 Å². The molecule has 3 rings (SSSR count). The number of hydrogen-bond acceptors (Lipinski definition) is 1. The highest BCUT2D eigenvalue weighted by Crippen LogP contribution is 2.28. The van der Waals surface area contributed by atoms with Gasteiger partial charge >= 0.3 is 0 Å². The fourth-order valence-electron chi connectivity index (χ4n) is 3.29. The molecule has 1 unspecified atom stereocenters. The molecule has 2 nitrogen and oxygen atoms in total. The Kier molecular flexibility index (Phi) is 5.30. The van der Waals surface area contributed by atoms with E-state index in [9.17, 15) is 4.79 Å². The summed E-state index contributed by atoms with van der Waals surface area (Å²) in [5.74, 6) is 0.0813. The smallest absolute Gasteiger partial charge is 0.251 e. The SMILES string of the molecule is Cc1ccccc1C(=O)NC(C)C(c1ccccc1)c1ccccc1. The molecule has 0 saturated carbocycles. The van der Waals surface area contributed by atoms with Gasteiger partial charge in [-0.2, -0.15) is 0 Å². The minimum Gasteiger partial charge on any atom is -0.349 e. The van der Waals surface area contributed by atoms with Crippen LogP contribution in [-0.2, 0) is 0 Å². The minimum atomic E-state index is -0.0306. The quantitative estimate of drug-likeness (QED) is 0.705. The van der Waals surface area contributed by atoms with Crippen LogP contribution in [0.2, 0.25) is 0 Å². The Morgan fingerprint density at radius 2 is 1.24 bits per heavy atom. The number of benzene rings is 3. The third-order valence-electron chi connectivity index (χ3n) is 4.57. The van der Waals surface area contributed by atoms with Crippen molar-refractivity contribution in [2.45, 2.75) is 25.8 Å². The van der Waals surface area contributed by atoms with Crippen LogP contribution in [0, 0.1) is 6.92 Å². The third kappa shape index (κ3) is 3.97. The van der Waals surface area contributed by atoms with Gasteiger partial charge in [0.1, 0.15) is 0 Å². The molecule has 3 aromatic carbocycles. The molecule has 0 aliphatic heterocycles.